The Balaban J connectivity index is 1.41. The third kappa shape index (κ3) is 4.08. The molecule has 1 amide bonds. The molecule has 0 spiro atoms. The van der Waals surface area contributed by atoms with Crippen LogP contribution in [0.2, 0.25) is 10.2 Å². The summed E-state index contributed by atoms with van der Waals surface area (Å²) in [6.07, 6.45) is 2.93. The number of rotatable bonds is 6. The minimum absolute atomic E-state index is 0.0169. The van der Waals surface area contributed by atoms with Crippen LogP contribution in [0.5, 0.6) is 0 Å². The second-order valence-corrected chi connectivity index (χ2v) is 8.83. The lowest BCUT2D eigenvalue weighted by atomic mass is 10.2. The Bertz CT molecular complexity index is 1230. The number of halogens is 4. The first-order valence-corrected chi connectivity index (χ1v) is 10.9. The number of anilines is 2. The van der Waals surface area contributed by atoms with Gasteiger partial charge < -0.3 is 14.6 Å². The predicted molar refractivity (Wildman–Crippen MR) is 118 cm³/mol. The summed E-state index contributed by atoms with van der Waals surface area (Å²) >= 11 is 12.1. The highest BCUT2D eigenvalue weighted by atomic mass is 35.5. The molecule has 3 aromatic rings. The molecule has 8 nitrogen and oxygen atoms in total. The summed E-state index contributed by atoms with van der Waals surface area (Å²) in [5.41, 5.74) is 0.857. The van der Waals surface area contributed by atoms with Crippen LogP contribution in [0, 0.1) is 5.82 Å². The van der Waals surface area contributed by atoms with Crippen LogP contribution in [0.25, 0.3) is 5.69 Å². The van der Waals surface area contributed by atoms with Crippen molar-refractivity contribution in [1.29, 1.82) is 0 Å². The molecule has 2 aromatic heterocycles. The molecule has 1 N–H and O–H groups in total. The molecule has 0 radical (unpaired) electrons. The van der Waals surface area contributed by atoms with Crippen molar-refractivity contribution in [1.82, 2.24) is 19.5 Å². The van der Waals surface area contributed by atoms with Gasteiger partial charge in [-0.1, -0.05) is 23.2 Å². The standard InChI is InChI=1S/C21H18Cl2F2N6O2/c1-11(24)15-9-33-20(32)31(15)18-7-17(23)27-19(28-18)29-21(4-5-21)16-8-30(10-26-16)12-2-3-14(25)13(22)6-12/h2-3,6-8,10-11,15H,4-5,9H2,1H3,(H,27,28,29)/t11-,15+/m0/s1. The first-order valence-electron chi connectivity index (χ1n) is 10.2. The molecule has 1 aliphatic carbocycles. The van der Waals surface area contributed by atoms with Gasteiger partial charge in [0.15, 0.2) is 0 Å². The molecule has 1 aromatic carbocycles. The number of hydrogen-bond donors (Lipinski definition) is 1. The summed E-state index contributed by atoms with van der Waals surface area (Å²) in [6, 6.07) is 4.99. The van der Waals surface area contributed by atoms with Gasteiger partial charge in [-0.15, -0.1) is 0 Å². The maximum Gasteiger partial charge on any atom is 0.416 e. The average molecular weight is 495 g/mol. The largest absolute Gasteiger partial charge is 0.447 e. The average Bonchev–Trinajstić information content (AvgIpc) is 3.19. The van der Waals surface area contributed by atoms with Gasteiger partial charge in [-0.2, -0.15) is 4.98 Å². The first-order chi connectivity index (χ1) is 15.8. The van der Waals surface area contributed by atoms with Crippen molar-refractivity contribution in [3.8, 4) is 5.69 Å². The molecule has 2 atom stereocenters. The molecular formula is C21H18Cl2F2N6O2. The highest BCUT2D eigenvalue weighted by molar-refractivity contribution is 6.31. The van der Waals surface area contributed by atoms with Crippen molar-refractivity contribution in [2.45, 2.75) is 37.5 Å². The van der Waals surface area contributed by atoms with E-state index in [0.29, 0.717) is 5.69 Å². The zero-order valence-corrected chi connectivity index (χ0v) is 18.8. The minimum Gasteiger partial charge on any atom is -0.447 e. The Morgan fingerprint density at radius 2 is 2.06 bits per heavy atom. The number of carbonyl (C=O) groups is 1. The van der Waals surface area contributed by atoms with Gasteiger partial charge in [0, 0.05) is 18.0 Å². The van der Waals surface area contributed by atoms with E-state index in [9.17, 15) is 13.6 Å². The highest BCUT2D eigenvalue weighted by Crippen LogP contribution is 2.47. The molecule has 2 fully saturated rings. The van der Waals surface area contributed by atoms with E-state index in [1.165, 1.54) is 25.1 Å². The van der Waals surface area contributed by atoms with Crippen molar-refractivity contribution in [3.05, 3.63) is 58.5 Å². The van der Waals surface area contributed by atoms with Crippen LogP contribution in [0.15, 0.2) is 36.8 Å². The van der Waals surface area contributed by atoms with Crippen LogP contribution in [-0.4, -0.2) is 44.4 Å². The molecule has 2 aliphatic rings. The Labute approximate surface area is 197 Å². The molecule has 33 heavy (non-hydrogen) atoms. The summed E-state index contributed by atoms with van der Waals surface area (Å²) in [5.74, 6) is -0.169. The van der Waals surface area contributed by atoms with E-state index in [1.54, 1.807) is 17.0 Å². The minimum atomic E-state index is -1.32. The topological polar surface area (TPSA) is 85.2 Å². The van der Waals surface area contributed by atoms with Crippen molar-refractivity contribution in [2.24, 2.45) is 0 Å². The molecule has 0 unspecified atom stereocenters. The van der Waals surface area contributed by atoms with Crippen molar-refractivity contribution in [3.63, 3.8) is 0 Å². The lowest BCUT2D eigenvalue weighted by molar-refractivity contribution is 0.174. The Kier molecular flexibility index (Phi) is 5.37. The fraction of sp³-hybridized carbons (Fsp3) is 0.333. The summed E-state index contributed by atoms with van der Waals surface area (Å²) in [7, 11) is 0. The third-order valence-electron chi connectivity index (χ3n) is 5.74. The van der Waals surface area contributed by atoms with Gasteiger partial charge in [0.05, 0.1) is 22.6 Å². The van der Waals surface area contributed by atoms with Crippen molar-refractivity contribution in [2.75, 3.05) is 16.8 Å². The van der Waals surface area contributed by atoms with Crippen LogP contribution >= 0.6 is 23.2 Å². The van der Waals surface area contributed by atoms with E-state index in [-0.39, 0.29) is 28.5 Å². The van der Waals surface area contributed by atoms with E-state index >= 15 is 0 Å². The molecule has 172 valence electrons. The van der Waals surface area contributed by atoms with Crippen LogP contribution in [0.4, 0.5) is 25.3 Å². The number of alkyl halides is 1. The summed E-state index contributed by atoms with van der Waals surface area (Å²) in [5, 5.41) is 3.36. The Morgan fingerprint density at radius 1 is 1.27 bits per heavy atom. The van der Waals surface area contributed by atoms with E-state index in [0.717, 1.165) is 23.4 Å². The number of hydrogen-bond acceptors (Lipinski definition) is 6. The molecule has 12 heteroatoms. The molecule has 0 bridgehead atoms. The Hall–Kier alpha value is -2.98. The zero-order valence-electron chi connectivity index (χ0n) is 17.3. The lowest BCUT2D eigenvalue weighted by Gasteiger charge is -2.22. The van der Waals surface area contributed by atoms with Gasteiger partial charge in [0.1, 0.15) is 35.6 Å². The fourth-order valence-corrected chi connectivity index (χ4v) is 4.12. The first kappa shape index (κ1) is 21.8. The quantitative estimate of drug-likeness (QED) is 0.491. The SMILES string of the molecule is C[C@H](F)[C@H]1COC(=O)N1c1cc(Cl)nc(NC2(c3cn(-c4ccc(F)c(Cl)c4)cn3)CC2)n1. The number of nitrogens with one attached hydrogen (secondary N) is 1. The van der Waals surface area contributed by atoms with Gasteiger partial charge in [0.25, 0.3) is 0 Å². The monoisotopic (exact) mass is 494 g/mol. The van der Waals surface area contributed by atoms with Gasteiger partial charge in [0.2, 0.25) is 5.95 Å². The molecular weight excluding hydrogens is 477 g/mol. The van der Waals surface area contributed by atoms with Crippen LogP contribution in [-0.2, 0) is 10.3 Å². The maximum absolute atomic E-state index is 14.0. The smallest absolute Gasteiger partial charge is 0.416 e. The van der Waals surface area contributed by atoms with Crippen LogP contribution < -0.4 is 10.2 Å². The Morgan fingerprint density at radius 3 is 2.76 bits per heavy atom. The normalized spacial score (nSPS) is 20.0. The number of ether oxygens (including phenoxy) is 1. The number of cyclic esters (lactones) is 1. The highest BCUT2D eigenvalue weighted by Gasteiger charge is 2.47. The lowest BCUT2D eigenvalue weighted by Crippen LogP contribution is -2.40. The van der Waals surface area contributed by atoms with E-state index < -0.39 is 29.7 Å². The molecule has 3 heterocycles. The molecule has 5 rings (SSSR count). The number of carbonyl (C=O) groups excluding carboxylic acids is 1. The maximum atomic E-state index is 14.0. The van der Waals surface area contributed by atoms with Gasteiger partial charge in [-0.05, 0) is 38.0 Å². The number of aromatic nitrogens is 4. The van der Waals surface area contributed by atoms with E-state index in [2.05, 4.69) is 20.3 Å². The third-order valence-corrected chi connectivity index (χ3v) is 6.22. The predicted octanol–water partition coefficient (Wildman–Crippen LogP) is 4.89. The van der Waals surface area contributed by atoms with Crippen molar-refractivity contribution < 1.29 is 18.3 Å². The molecule has 1 saturated carbocycles. The van der Waals surface area contributed by atoms with Gasteiger partial charge in [-0.3, -0.25) is 4.90 Å². The summed E-state index contributed by atoms with van der Waals surface area (Å²) in [6.45, 7) is 1.28. The second-order valence-electron chi connectivity index (χ2n) is 8.04. The van der Waals surface area contributed by atoms with Crippen LogP contribution in [0.1, 0.15) is 25.5 Å². The zero-order chi connectivity index (χ0) is 23.3. The molecule has 1 aliphatic heterocycles. The van der Waals surface area contributed by atoms with E-state index in [4.69, 9.17) is 27.9 Å². The number of amides is 1. The number of benzene rings is 1. The van der Waals surface area contributed by atoms with Gasteiger partial charge >= 0.3 is 6.09 Å². The van der Waals surface area contributed by atoms with Gasteiger partial charge in [-0.25, -0.2) is 23.5 Å². The number of nitrogens with zero attached hydrogens (tertiary/aromatic N) is 5. The van der Waals surface area contributed by atoms with Crippen molar-refractivity contribution >= 4 is 41.1 Å². The number of imidazole rings is 1. The van der Waals surface area contributed by atoms with Crippen LogP contribution in [0.3, 0.4) is 0 Å². The summed E-state index contributed by atoms with van der Waals surface area (Å²) < 4.78 is 34.2. The summed E-state index contributed by atoms with van der Waals surface area (Å²) in [4.78, 5) is 26.4. The second kappa shape index (κ2) is 8.11. The molecule has 1 saturated heterocycles. The van der Waals surface area contributed by atoms with E-state index in [1.807, 2.05) is 6.20 Å². The fourth-order valence-electron chi connectivity index (χ4n) is 3.76.